The van der Waals surface area contributed by atoms with Crippen molar-refractivity contribution in [2.24, 2.45) is 0 Å². The van der Waals surface area contributed by atoms with Gasteiger partial charge < -0.3 is 9.47 Å². The number of hydrogen-bond donors (Lipinski definition) is 0. The van der Waals surface area contributed by atoms with Crippen LogP contribution in [0.1, 0.15) is 47.2 Å². The first-order valence-corrected chi connectivity index (χ1v) is 10.0. The summed E-state index contributed by atoms with van der Waals surface area (Å²) in [5.74, 6) is -0.338. The Morgan fingerprint density at radius 3 is 2.66 bits per heavy atom. The summed E-state index contributed by atoms with van der Waals surface area (Å²) in [7, 11) is 1.39. The van der Waals surface area contributed by atoms with Crippen LogP contribution in [0.25, 0.3) is 5.57 Å². The highest BCUT2D eigenvalue weighted by Gasteiger charge is 2.38. The van der Waals surface area contributed by atoms with Crippen molar-refractivity contribution in [1.82, 2.24) is 4.90 Å². The van der Waals surface area contributed by atoms with Crippen molar-refractivity contribution in [3.05, 3.63) is 77.4 Å². The van der Waals surface area contributed by atoms with E-state index in [1.165, 1.54) is 12.7 Å². The van der Waals surface area contributed by atoms with E-state index in [1.807, 2.05) is 53.4 Å². The van der Waals surface area contributed by atoms with E-state index >= 15 is 0 Å². The lowest BCUT2D eigenvalue weighted by atomic mass is 9.83. The normalized spacial score (nSPS) is 20.6. The minimum atomic E-state index is -0.338. The molecule has 1 saturated heterocycles. The molecule has 2 atom stereocenters. The number of benzene rings is 2. The molecule has 0 N–H and O–H groups in total. The molecule has 2 aromatic carbocycles. The van der Waals surface area contributed by atoms with Gasteiger partial charge in [-0.1, -0.05) is 48.5 Å². The molecule has 2 heterocycles. The lowest BCUT2D eigenvalue weighted by Gasteiger charge is -2.44. The average Bonchev–Trinajstić information content (AvgIpc) is 2.76. The van der Waals surface area contributed by atoms with Crippen molar-refractivity contribution < 1.29 is 19.1 Å². The van der Waals surface area contributed by atoms with Crippen molar-refractivity contribution in [2.75, 3.05) is 7.11 Å². The number of carbonyl (C=O) groups excluding carboxylic acids is 2. The van der Waals surface area contributed by atoms with E-state index in [0.29, 0.717) is 5.56 Å². The molecule has 29 heavy (non-hydrogen) atoms. The highest BCUT2D eigenvalue weighted by atomic mass is 16.6. The number of amides is 1. The van der Waals surface area contributed by atoms with E-state index in [0.717, 1.165) is 36.8 Å². The van der Waals surface area contributed by atoms with E-state index in [4.69, 9.17) is 9.47 Å². The summed E-state index contributed by atoms with van der Waals surface area (Å²) in [6.07, 6.45) is 5.67. The first kappa shape index (κ1) is 19.2. The number of carbonyl (C=O) groups is 2. The van der Waals surface area contributed by atoms with Crippen LogP contribution in [-0.4, -0.2) is 36.2 Å². The molecule has 2 aromatic rings. The van der Waals surface area contributed by atoms with Gasteiger partial charge in [-0.3, -0.25) is 4.90 Å². The van der Waals surface area contributed by atoms with Crippen LogP contribution in [0, 0.1) is 0 Å². The van der Waals surface area contributed by atoms with Crippen LogP contribution in [0.3, 0.4) is 0 Å². The number of piperidine rings is 1. The largest absolute Gasteiger partial charge is 0.465 e. The predicted octanol–water partition coefficient (Wildman–Crippen LogP) is 4.82. The Morgan fingerprint density at radius 1 is 1.07 bits per heavy atom. The minimum Gasteiger partial charge on any atom is -0.465 e. The number of esters is 1. The quantitative estimate of drug-likeness (QED) is 0.701. The van der Waals surface area contributed by atoms with Gasteiger partial charge in [-0.2, -0.15) is 0 Å². The van der Waals surface area contributed by atoms with E-state index in [1.54, 1.807) is 6.07 Å². The molecule has 0 aromatic heterocycles. The molecular formula is C24H25NO4. The second kappa shape index (κ2) is 8.52. The Balaban J connectivity index is 1.51. The average molecular weight is 391 g/mol. The zero-order valence-corrected chi connectivity index (χ0v) is 16.5. The molecule has 0 radical (unpaired) electrons. The number of nitrogens with zero attached hydrogens (tertiary/aromatic N) is 1. The molecule has 150 valence electrons. The van der Waals surface area contributed by atoms with Crippen LogP contribution in [0.15, 0.2) is 60.7 Å². The minimum absolute atomic E-state index is 0.0301. The zero-order chi connectivity index (χ0) is 20.2. The van der Waals surface area contributed by atoms with E-state index in [-0.39, 0.29) is 30.8 Å². The van der Waals surface area contributed by atoms with E-state index in [2.05, 4.69) is 6.08 Å². The highest BCUT2D eigenvalue weighted by Crippen LogP contribution is 2.37. The lowest BCUT2D eigenvalue weighted by Crippen LogP contribution is -2.51. The van der Waals surface area contributed by atoms with Crippen LogP contribution in [0.2, 0.25) is 0 Å². The van der Waals surface area contributed by atoms with Crippen molar-refractivity contribution in [3.8, 4) is 0 Å². The molecule has 2 aliphatic rings. The summed E-state index contributed by atoms with van der Waals surface area (Å²) in [6.45, 7) is 0.285. The number of hydrogen-bond acceptors (Lipinski definition) is 4. The Kier molecular flexibility index (Phi) is 5.65. The zero-order valence-electron chi connectivity index (χ0n) is 16.5. The molecule has 1 amide bonds. The summed E-state index contributed by atoms with van der Waals surface area (Å²) < 4.78 is 10.4. The number of ether oxygens (including phenoxy) is 2. The van der Waals surface area contributed by atoms with Gasteiger partial charge in [0.2, 0.25) is 0 Å². The fraction of sp³-hybridized carbons (Fsp3) is 0.333. The Bertz CT molecular complexity index is 921. The molecule has 0 aliphatic carbocycles. The SMILES string of the molecule is COC(=O)c1cccc(C2=CC3CCCC(C2)N3C(=O)OCc2ccccc2)c1. The topological polar surface area (TPSA) is 55.8 Å². The van der Waals surface area contributed by atoms with Gasteiger partial charge in [0.1, 0.15) is 6.61 Å². The smallest absolute Gasteiger partial charge is 0.410 e. The first-order chi connectivity index (χ1) is 14.2. The Hall–Kier alpha value is -3.08. The van der Waals surface area contributed by atoms with Gasteiger partial charge in [0.05, 0.1) is 18.7 Å². The standard InChI is InChI=1S/C24H25NO4/c1-28-23(26)19-10-5-9-18(13-19)20-14-21-11-6-12-22(15-20)25(21)24(27)29-16-17-7-3-2-4-8-17/h2-5,7-10,13-14,21-22H,6,11-12,15-16H2,1H3. The van der Waals surface area contributed by atoms with Crippen molar-refractivity contribution in [2.45, 2.75) is 44.4 Å². The number of fused-ring (bicyclic) bond motifs is 2. The molecule has 0 spiro atoms. The van der Waals surface area contributed by atoms with Crippen LogP contribution in [0.5, 0.6) is 0 Å². The molecule has 4 rings (SSSR count). The van der Waals surface area contributed by atoms with Gasteiger partial charge >= 0.3 is 12.1 Å². The third-order valence-corrected chi connectivity index (χ3v) is 5.71. The lowest BCUT2D eigenvalue weighted by molar-refractivity contribution is 0.0510. The van der Waals surface area contributed by atoms with E-state index in [9.17, 15) is 9.59 Å². The van der Waals surface area contributed by atoms with Crippen LogP contribution in [-0.2, 0) is 16.1 Å². The third kappa shape index (κ3) is 4.19. The maximum atomic E-state index is 12.8. The maximum Gasteiger partial charge on any atom is 0.410 e. The Labute approximate surface area is 170 Å². The van der Waals surface area contributed by atoms with Crippen LogP contribution >= 0.6 is 0 Å². The van der Waals surface area contributed by atoms with Gasteiger partial charge in [-0.15, -0.1) is 0 Å². The summed E-state index contributed by atoms with van der Waals surface area (Å²) in [5.41, 5.74) is 3.72. The molecule has 0 saturated carbocycles. The predicted molar refractivity (Wildman–Crippen MR) is 110 cm³/mol. The Morgan fingerprint density at radius 2 is 1.90 bits per heavy atom. The second-order valence-electron chi connectivity index (χ2n) is 7.57. The maximum absolute atomic E-state index is 12.8. The van der Waals surface area contributed by atoms with Crippen LogP contribution < -0.4 is 0 Å². The van der Waals surface area contributed by atoms with Crippen LogP contribution in [0.4, 0.5) is 4.79 Å². The molecule has 2 unspecified atom stereocenters. The molecular weight excluding hydrogens is 366 g/mol. The summed E-state index contributed by atoms with van der Waals surface area (Å²) in [4.78, 5) is 26.6. The summed E-state index contributed by atoms with van der Waals surface area (Å²) in [6, 6.07) is 17.4. The second-order valence-corrected chi connectivity index (χ2v) is 7.57. The van der Waals surface area contributed by atoms with Crippen molar-refractivity contribution in [1.29, 1.82) is 0 Å². The molecule has 2 bridgehead atoms. The molecule has 5 heteroatoms. The fourth-order valence-corrected chi connectivity index (χ4v) is 4.29. The van der Waals surface area contributed by atoms with E-state index < -0.39 is 0 Å². The summed E-state index contributed by atoms with van der Waals surface area (Å²) in [5, 5.41) is 0. The van der Waals surface area contributed by atoms with Gasteiger partial charge in [0.25, 0.3) is 0 Å². The third-order valence-electron chi connectivity index (χ3n) is 5.71. The number of methoxy groups -OCH3 is 1. The summed E-state index contributed by atoms with van der Waals surface area (Å²) >= 11 is 0. The van der Waals surface area contributed by atoms with Crippen molar-refractivity contribution in [3.63, 3.8) is 0 Å². The first-order valence-electron chi connectivity index (χ1n) is 10.0. The monoisotopic (exact) mass is 391 g/mol. The van der Waals surface area contributed by atoms with Gasteiger partial charge in [0, 0.05) is 6.04 Å². The fourth-order valence-electron chi connectivity index (χ4n) is 4.29. The van der Waals surface area contributed by atoms with Gasteiger partial charge in [-0.05, 0) is 54.5 Å². The molecule has 2 aliphatic heterocycles. The number of rotatable bonds is 4. The molecule has 5 nitrogen and oxygen atoms in total. The van der Waals surface area contributed by atoms with Crippen molar-refractivity contribution >= 4 is 17.6 Å². The van der Waals surface area contributed by atoms with Gasteiger partial charge in [-0.25, -0.2) is 9.59 Å². The van der Waals surface area contributed by atoms with Gasteiger partial charge in [0.15, 0.2) is 0 Å². The highest BCUT2D eigenvalue weighted by molar-refractivity contribution is 5.90. The molecule has 1 fully saturated rings.